The summed E-state index contributed by atoms with van der Waals surface area (Å²) < 4.78 is 1.90. The van der Waals surface area contributed by atoms with Crippen LogP contribution in [0.4, 0.5) is 0 Å². The molecular formula is C21H26N4O4. The predicted molar refractivity (Wildman–Crippen MR) is 111 cm³/mol. The summed E-state index contributed by atoms with van der Waals surface area (Å²) in [5, 5.41) is 8.75. The van der Waals surface area contributed by atoms with E-state index in [0.717, 1.165) is 30.3 Å². The maximum Gasteiger partial charge on any atom is 0.349 e. The average Bonchev–Trinajstić information content (AvgIpc) is 2.63. The first-order chi connectivity index (χ1) is 13.8. The SMILES string of the molecule is Cc1cc2nc3c(=O)[nH]c(=O)nc-3n(CCCCCCC(=O)O)c2cc1C(C)C. The van der Waals surface area contributed by atoms with E-state index >= 15 is 0 Å². The Labute approximate surface area is 168 Å². The number of rotatable bonds is 8. The second-order valence-electron chi connectivity index (χ2n) is 7.72. The molecular weight excluding hydrogens is 372 g/mol. The van der Waals surface area contributed by atoms with Gasteiger partial charge in [-0.15, -0.1) is 0 Å². The normalized spacial score (nSPS) is 11.6. The van der Waals surface area contributed by atoms with Crippen LogP contribution in [-0.2, 0) is 11.3 Å². The second kappa shape index (κ2) is 8.55. The third kappa shape index (κ3) is 4.52. The number of hydrogen-bond acceptors (Lipinski definition) is 5. The number of carboxylic acid groups (broad SMARTS) is 1. The van der Waals surface area contributed by atoms with Crippen LogP contribution < -0.4 is 11.2 Å². The zero-order valence-corrected chi connectivity index (χ0v) is 17.0. The number of H-pyrrole nitrogens is 1. The van der Waals surface area contributed by atoms with Crippen LogP contribution in [0, 0.1) is 6.92 Å². The number of fused-ring (bicyclic) bond motifs is 2. The average molecular weight is 398 g/mol. The maximum atomic E-state index is 12.3. The number of nitrogens with one attached hydrogen (secondary N) is 1. The zero-order valence-electron chi connectivity index (χ0n) is 17.0. The van der Waals surface area contributed by atoms with Crippen molar-refractivity contribution in [3.05, 3.63) is 44.1 Å². The van der Waals surface area contributed by atoms with Gasteiger partial charge in [-0.2, -0.15) is 4.98 Å². The van der Waals surface area contributed by atoms with Crippen LogP contribution in [0.25, 0.3) is 22.6 Å². The minimum atomic E-state index is -0.784. The molecule has 0 bridgehead atoms. The van der Waals surface area contributed by atoms with Crippen LogP contribution in [0.1, 0.15) is 63.0 Å². The zero-order chi connectivity index (χ0) is 21.1. The lowest BCUT2D eigenvalue weighted by Crippen LogP contribution is -2.29. The molecule has 0 amide bonds. The van der Waals surface area contributed by atoms with Crippen LogP contribution in [0.5, 0.6) is 0 Å². The van der Waals surface area contributed by atoms with Gasteiger partial charge in [0, 0.05) is 13.0 Å². The molecule has 2 aliphatic heterocycles. The lowest BCUT2D eigenvalue weighted by Gasteiger charge is -2.19. The van der Waals surface area contributed by atoms with E-state index in [1.54, 1.807) is 0 Å². The number of aromatic amines is 1. The van der Waals surface area contributed by atoms with E-state index in [1.165, 1.54) is 5.56 Å². The summed E-state index contributed by atoms with van der Waals surface area (Å²) in [5.41, 5.74) is 2.74. The first kappa shape index (κ1) is 20.7. The monoisotopic (exact) mass is 398 g/mol. The van der Waals surface area contributed by atoms with Gasteiger partial charge in [0.15, 0.2) is 11.5 Å². The van der Waals surface area contributed by atoms with E-state index in [2.05, 4.69) is 34.9 Å². The number of nitrogens with zero attached hydrogens (tertiary/aromatic N) is 3. The molecule has 0 saturated heterocycles. The number of aryl methyl sites for hydroxylation is 2. The van der Waals surface area contributed by atoms with Crippen molar-refractivity contribution >= 4 is 17.0 Å². The summed E-state index contributed by atoms with van der Waals surface area (Å²) in [6.07, 6.45) is 3.25. The molecule has 0 unspecified atom stereocenters. The molecule has 8 heteroatoms. The van der Waals surface area contributed by atoms with Crippen molar-refractivity contribution in [1.29, 1.82) is 0 Å². The minimum absolute atomic E-state index is 0.152. The van der Waals surface area contributed by atoms with Crippen molar-refractivity contribution in [2.24, 2.45) is 0 Å². The Morgan fingerprint density at radius 3 is 2.55 bits per heavy atom. The lowest BCUT2D eigenvalue weighted by atomic mass is 9.97. The second-order valence-corrected chi connectivity index (χ2v) is 7.72. The van der Waals surface area contributed by atoms with Crippen molar-refractivity contribution in [3.63, 3.8) is 0 Å². The van der Waals surface area contributed by atoms with Crippen LogP contribution in [0.15, 0.2) is 21.7 Å². The highest BCUT2D eigenvalue weighted by Gasteiger charge is 2.19. The van der Waals surface area contributed by atoms with Gasteiger partial charge >= 0.3 is 11.7 Å². The Bertz CT molecular complexity index is 1130. The number of aromatic nitrogens is 4. The van der Waals surface area contributed by atoms with Crippen LogP contribution in [0.3, 0.4) is 0 Å². The minimum Gasteiger partial charge on any atom is -0.481 e. The molecule has 0 radical (unpaired) electrons. The Balaban J connectivity index is 2.05. The molecule has 154 valence electrons. The van der Waals surface area contributed by atoms with E-state index in [-0.39, 0.29) is 17.9 Å². The number of carbonyl (C=O) groups is 1. The highest BCUT2D eigenvalue weighted by molar-refractivity contribution is 5.81. The molecule has 2 aliphatic rings. The molecule has 0 atom stereocenters. The van der Waals surface area contributed by atoms with E-state index in [0.29, 0.717) is 24.4 Å². The molecule has 0 spiro atoms. The molecule has 1 aromatic rings. The fourth-order valence-electron chi connectivity index (χ4n) is 3.71. The molecule has 0 aromatic heterocycles. The van der Waals surface area contributed by atoms with Gasteiger partial charge in [-0.25, -0.2) is 9.78 Å². The van der Waals surface area contributed by atoms with Crippen molar-refractivity contribution in [2.75, 3.05) is 0 Å². The van der Waals surface area contributed by atoms with Gasteiger partial charge in [0.1, 0.15) is 0 Å². The third-order valence-electron chi connectivity index (χ3n) is 5.14. The molecule has 0 fully saturated rings. The van der Waals surface area contributed by atoms with Crippen molar-refractivity contribution in [1.82, 2.24) is 19.5 Å². The third-order valence-corrected chi connectivity index (χ3v) is 5.14. The fraction of sp³-hybridized carbons (Fsp3) is 0.476. The molecule has 0 saturated carbocycles. The molecule has 2 heterocycles. The summed E-state index contributed by atoms with van der Waals surface area (Å²) in [6, 6.07) is 4.04. The molecule has 0 aliphatic carbocycles. The Hall–Kier alpha value is -3.03. The highest BCUT2D eigenvalue weighted by atomic mass is 16.4. The molecule has 1 aromatic carbocycles. The van der Waals surface area contributed by atoms with Gasteiger partial charge in [-0.3, -0.25) is 14.6 Å². The summed E-state index contributed by atoms with van der Waals surface area (Å²) in [5.74, 6) is -0.175. The number of hydrogen-bond donors (Lipinski definition) is 2. The lowest BCUT2D eigenvalue weighted by molar-refractivity contribution is -0.137. The van der Waals surface area contributed by atoms with Crippen LogP contribution in [0.2, 0.25) is 0 Å². The van der Waals surface area contributed by atoms with Gasteiger partial charge < -0.3 is 9.67 Å². The molecule has 2 N–H and O–H groups in total. The smallest absolute Gasteiger partial charge is 0.349 e. The quantitative estimate of drug-likeness (QED) is 0.445. The first-order valence-corrected chi connectivity index (χ1v) is 9.95. The summed E-state index contributed by atoms with van der Waals surface area (Å²) in [7, 11) is 0. The van der Waals surface area contributed by atoms with Gasteiger partial charge in [0.25, 0.3) is 5.56 Å². The van der Waals surface area contributed by atoms with E-state index in [4.69, 9.17) is 5.11 Å². The topological polar surface area (TPSA) is 118 Å². The molecule has 3 rings (SSSR count). The van der Waals surface area contributed by atoms with E-state index in [9.17, 15) is 14.4 Å². The standard InChI is InChI=1S/C21H26N4O4/c1-12(2)14-11-16-15(10-13(14)3)22-18-19(23-21(29)24-20(18)28)25(16)9-7-5-4-6-8-17(26)27/h10-12H,4-9H2,1-3H3,(H,26,27)(H,24,28,29). The molecule has 8 nitrogen and oxygen atoms in total. The van der Waals surface area contributed by atoms with Crippen molar-refractivity contribution in [2.45, 2.75) is 65.3 Å². The largest absolute Gasteiger partial charge is 0.481 e. The van der Waals surface area contributed by atoms with Crippen molar-refractivity contribution in [3.8, 4) is 11.5 Å². The van der Waals surface area contributed by atoms with Gasteiger partial charge in [-0.05, 0) is 48.9 Å². The van der Waals surface area contributed by atoms with Gasteiger partial charge in [0.2, 0.25) is 0 Å². The Morgan fingerprint density at radius 1 is 1.14 bits per heavy atom. The number of unbranched alkanes of at least 4 members (excludes halogenated alkanes) is 3. The fourth-order valence-corrected chi connectivity index (χ4v) is 3.71. The van der Waals surface area contributed by atoms with Crippen LogP contribution >= 0.6 is 0 Å². The highest BCUT2D eigenvalue weighted by Crippen LogP contribution is 2.28. The van der Waals surface area contributed by atoms with Crippen LogP contribution in [-0.4, -0.2) is 30.6 Å². The Morgan fingerprint density at radius 2 is 1.86 bits per heavy atom. The Kier molecular flexibility index (Phi) is 6.10. The van der Waals surface area contributed by atoms with Gasteiger partial charge in [0.05, 0.1) is 11.0 Å². The van der Waals surface area contributed by atoms with E-state index < -0.39 is 17.2 Å². The van der Waals surface area contributed by atoms with Gasteiger partial charge in [-0.1, -0.05) is 26.7 Å². The summed E-state index contributed by atoms with van der Waals surface area (Å²) in [4.78, 5) is 45.5. The summed E-state index contributed by atoms with van der Waals surface area (Å²) in [6.45, 7) is 6.83. The van der Waals surface area contributed by atoms with Crippen molar-refractivity contribution < 1.29 is 9.90 Å². The molecule has 29 heavy (non-hydrogen) atoms. The first-order valence-electron chi connectivity index (χ1n) is 9.95. The number of aliphatic carboxylic acids is 1. The predicted octanol–water partition coefficient (Wildman–Crippen LogP) is 3.05. The number of benzene rings is 1. The maximum absolute atomic E-state index is 12.3. The van der Waals surface area contributed by atoms with E-state index in [1.807, 2.05) is 17.6 Å². The number of carboxylic acids is 1. The summed E-state index contributed by atoms with van der Waals surface area (Å²) >= 11 is 0.